The van der Waals surface area contributed by atoms with Crippen molar-refractivity contribution in [1.29, 1.82) is 0 Å². The SMILES string of the molecule is C[C@@H]1CCCC[C@@H]1NC(=O)CNC(=O)c1ccc(Cl)cc1Cl. The average Bonchev–Trinajstić information content (AvgIpc) is 2.47. The van der Waals surface area contributed by atoms with Crippen LogP contribution in [0.3, 0.4) is 0 Å². The highest BCUT2D eigenvalue weighted by Gasteiger charge is 2.23. The quantitative estimate of drug-likeness (QED) is 0.880. The van der Waals surface area contributed by atoms with Crippen LogP contribution in [0.4, 0.5) is 0 Å². The van der Waals surface area contributed by atoms with E-state index in [-0.39, 0.29) is 29.4 Å². The van der Waals surface area contributed by atoms with Crippen LogP contribution >= 0.6 is 23.2 Å². The molecule has 0 unspecified atom stereocenters. The van der Waals surface area contributed by atoms with Gasteiger partial charge in [0.25, 0.3) is 5.91 Å². The first-order valence-electron chi connectivity index (χ1n) is 7.50. The van der Waals surface area contributed by atoms with E-state index in [2.05, 4.69) is 17.6 Å². The van der Waals surface area contributed by atoms with Gasteiger partial charge in [-0.15, -0.1) is 0 Å². The third-order valence-corrected chi connectivity index (χ3v) is 4.59. The summed E-state index contributed by atoms with van der Waals surface area (Å²) >= 11 is 11.8. The number of hydrogen-bond acceptors (Lipinski definition) is 2. The molecule has 1 fully saturated rings. The van der Waals surface area contributed by atoms with Crippen molar-refractivity contribution in [3.05, 3.63) is 33.8 Å². The number of halogens is 2. The molecule has 4 nitrogen and oxygen atoms in total. The molecule has 0 heterocycles. The van der Waals surface area contributed by atoms with Crippen LogP contribution in [0.2, 0.25) is 10.0 Å². The van der Waals surface area contributed by atoms with Gasteiger partial charge in [-0.3, -0.25) is 9.59 Å². The lowest BCUT2D eigenvalue weighted by molar-refractivity contribution is -0.121. The molecule has 0 spiro atoms. The number of hydrogen-bond donors (Lipinski definition) is 2. The van der Waals surface area contributed by atoms with Gasteiger partial charge in [0.15, 0.2) is 0 Å². The summed E-state index contributed by atoms with van der Waals surface area (Å²) in [7, 11) is 0. The van der Waals surface area contributed by atoms with Gasteiger partial charge in [0.1, 0.15) is 0 Å². The third kappa shape index (κ3) is 4.62. The maximum Gasteiger partial charge on any atom is 0.253 e. The molecule has 2 amide bonds. The molecule has 2 atom stereocenters. The predicted octanol–water partition coefficient (Wildman–Crippen LogP) is 3.42. The molecule has 0 aromatic heterocycles. The second-order valence-electron chi connectivity index (χ2n) is 5.74. The Bertz CT molecular complexity index is 563. The van der Waals surface area contributed by atoms with Crippen molar-refractivity contribution in [2.24, 2.45) is 5.92 Å². The minimum atomic E-state index is -0.381. The minimum Gasteiger partial charge on any atom is -0.352 e. The van der Waals surface area contributed by atoms with Gasteiger partial charge in [0.2, 0.25) is 5.91 Å². The molecule has 2 N–H and O–H groups in total. The fraction of sp³-hybridized carbons (Fsp3) is 0.500. The summed E-state index contributed by atoms with van der Waals surface area (Å²) in [5.74, 6) is -0.0650. The van der Waals surface area contributed by atoms with E-state index in [0.29, 0.717) is 16.5 Å². The molecule has 1 aliphatic carbocycles. The molecule has 0 radical (unpaired) electrons. The molecular weight excluding hydrogens is 323 g/mol. The molecule has 0 aliphatic heterocycles. The van der Waals surface area contributed by atoms with Gasteiger partial charge < -0.3 is 10.6 Å². The van der Waals surface area contributed by atoms with Crippen LogP contribution in [0.5, 0.6) is 0 Å². The van der Waals surface area contributed by atoms with E-state index < -0.39 is 0 Å². The highest BCUT2D eigenvalue weighted by molar-refractivity contribution is 6.36. The van der Waals surface area contributed by atoms with Crippen molar-refractivity contribution >= 4 is 35.0 Å². The van der Waals surface area contributed by atoms with Crippen LogP contribution in [-0.4, -0.2) is 24.4 Å². The topological polar surface area (TPSA) is 58.2 Å². The highest BCUT2D eigenvalue weighted by atomic mass is 35.5. The number of nitrogens with one attached hydrogen (secondary N) is 2. The minimum absolute atomic E-state index is 0.0546. The van der Waals surface area contributed by atoms with Crippen molar-refractivity contribution in [2.45, 2.75) is 38.6 Å². The van der Waals surface area contributed by atoms with E-state index in [1.165, 1.54) is 12.5 Å². The average molecular weight is 343 g/mol. The van der Waals surface area contributed by atoms with E-state index in [1.54, 1.807) is 12.1 Å². The molecule has 1 aromatic carbocycles. The third-order valence-electron chi connectivity index (χ3n) is 4.04. The molecule has 0 bridgehead atoms. The number of carbonyl (C=O) groups excluding carboxylic acids is 2. The summed E-state index contributed by atoms with van der Waals surface area (Å²) in [5.41, 5.74) is 0.310. The Morgan fingerprint density at radius 1 is 1.23 bits per heavy atom. The lowest BCUT2D eigenvalue weighted by Gasteiger charge is -2.29. The molecule has 1 saturated carbocycles. The monoisotopic (exact) mass is 342 g/mol. The molecule has 1 aliphatic rings. The fourth-order valence-electron chi connectivity index (χ4n) is 2.72. The van der Waals surface area contributed by atoms with E-state index >= 15 is 0 Å². The van der Waals surface area contributed by atoms with Gasteiger partial charge >= 0.3 is 0 Å². The van der Waals surface area contributed by atoms with E-state index in [9.17, 15) is 9.59 Å². The van der Waals surface area contributed by atoms with Gasteiger partial charge in [-0.25, -0.2) is 0 Å². The normalized spacial score (nSPS) is 21.2. The Balaban J connectivity index is 1.84. The Kier molecular flexibility index (Phi) is 6.09. The number of rotatable bonds is 4. The molecule has 120 valence electrons. The zero-order valence-electron chi connectivity index (χ0n) is 12.5. The van der Waals surface area contributed by atoms with Crippen molar-refractivity contribution < 1.29 is 9.59 Å². The maximum absolute atomic E-state index is 12.0. The zero-order valence-corrected chi connectivity index (χ0v) is 14.0. The molecular formula is C16H20Cl2N2O2. The molecule has 22 heavy (non-hydrogen) atoms. The van der Waals surface area contributed by atoms with Gasteiger partial charge in [-0.1, -0.05) is 43.0 Å². The first kappa shape index (κ1) is 17.1. The fourth-order valence-corrected chi connectivity index (χ4v) is 3.21. The number of carbonyl (C=O) groups is 2. The first-order chi connectivity index (χ1) is 10.5. The Labute approximate surface area is 140 Å². The Morgan fingerprint density at radius 2 is 1.95 bits per heavy atom. The largest absolute Gasteiger partial charge is 0.352 e. The standard InChI is InChI=1S/C16H20Cl2N2O2/c1-10-4-2-3-5-14(10)20-15(21)9-19-16(22)12-7-6-11(17)8-13(12)18/h6-8,10,14H,2-5,9H2,1H3,(H,19,22)(H,20,21)/t10-,14+/m1/s1. The van der Waals surface area contributed by atoms with Crippen LogP contribution < -0.4 is 10.6 Å². The van der Waals surface area contributed by atoms with Crippen LogP contribution in [-0.2, 0) is 4.79 Å². The maximum atomic E-state index is 12.0. The van der Waals surface area contributed by atoms with Crippen LogP contribution in [0.15, 0.2) is 18.2 Å². The first-order valence-corrected chi connectivity index (χ1v) is 8.25. The van der Waals surface area contributed by atoms with Gasteiger partial charge in [-0.2, -0.15) is 0 Å². The van der Waals surface area contributed by atoms with Crippen LogP contribution in [0, 0.1) is 5.92 Å². The number of benzene rings is 1. The second-order valence-corrected chi connectivity index (χ2v) is 6.59. The summed E-state index contributed by atoms with van der Waals surface area (Å²) in [4.78, 5) is 24.0. The lowest BCUT2D eigenvalue weighted by Crippen LogP contribution is -2.45. The van der Waals surface area contributed by atoms with Crippen molar-refractivity contribution in [3.63, 3.8) is 0 Å². The van der Waals surface area contributed by atoms with E-state index in [1.807, 2.05) is 0 Å². The predicted molar refractivity (Wildman–Crippen MR) is 88.4 cm³/mol. The zero-order chi connectivity index (χ0) is 16.1. The summed E-state index contributed by atoms with van der Waals surface area (Å²) in [6.45, 7) is 2.09. The van der Waals surface area contributed by atoms with Crippen LogP contribution in [0.25, 0.3) is 0 Å². The highest BCUT2D eigenvalue weighted by Crippen LogP contribution is 2.23. The summed E-state index contributed by atoms with van der Waals surface area (Å²) in [6.07, 6.45) is 4.50. The van der Waals surface area contributed by atoms with Crippen LogP contribution in [0.1, 0.15) is 43.0 Å². The summed E-state index contributed by atoms with van der Waals surface area (Å²) in [5, 5.41) is 6.31. The van der Waals surface area contributed by atoms with E-state index in [0.717, 1.165) is 19.3 Å². The molecule has 2 rings (SSSR count). The molecule has 1 aromatic rings. The van der Waals surface area contributed by atoms with Gasteiger partial charge in [0.05, 0.1) is 17.1 Å². The molecule has 6 heteroatoms. The van der Waals surface area contributed by atoms with E-state index in [4.69, 9.17) is 23.2 Å². The summed E-state index contributed by atoms with van der Waals surface area (Å²) < 4.78 is 0. The van der Waals surface area contributed by atoms with Crippen molar-refractivity contribution in [3.8, 4) is 0 Å². The molecule has 0 saturated heterocycles. The number of amides is 2. The van der Waals surface area contributed by atoms with Crippen molar-refractivity contribution in [2.75, 3.05) is 6.54 Å². The van der Waals surface area contributed by atoms with Crippen molar-refractivity contribution in [1.82, 2.24) is 10.6 Å². The Hall–Kier alpha value is -1.26. The van der Waals surface area contributed by atoms with Gasteiger partial charge in [0, 0.05) is 11.1 Å². The second kappa shape index (κ2) is 7.84. The van der Waals surface area contributed by atoms with Gasteiger partial charge in [-0.05, 0) is 37.0 Å². The summed E-state index contributed by atoms with van der Waals surface area (Å²) in [6, 6.07) is 4.84. The lowest BCUT2D eigenvalue weighted by atomic mass is 9.86. The smallest absolute Gasteiger partial charge is 0.253 e. The Morgan fingerprint density at radius 3 is 2.64 bits per heavy atom.